The van der Waals surface area contributed by atoms with Gasteiger partial charge < -0.3 is 14.5 Å². The fourth-order valence-electron chi connectivity index (χ4n) is 3.95. The van der Waals surface area contributed by atoms with Crippen LogP contribution in [0, 0.1) is 0 Å². The molecule has 3 aromatic carbocycles. The lowest BCUT2D eigenvalue weighted by atomic mass is 10.1. The van der Waals surface area contributed by atoms with Crippen LogP contribution in [0.25, 0.3) is 0 Å². The molecule has 7 heteroatoms. The number of ether oxygens (including phenoxy) is 1. The first-order valence-corrected chi connectivity index (χ1v) is 12.2. The van der Waals surface area contributed by atoms with Gasteiger partial charge in [0.2, 0.25) is 0 Å². The Morgan fingerprint density at radius 2 is 1.56 bits per heavy atom. The minimum absolute atomic E-state index is 0.0800. The van der Waals surface area contributed by atoms with Crippen LogP contribution in [0.4, 0.5) is 5.69 Å². The summed E-state index contributed by atoms with van der Waals surface area (Å²) in [6.07, 6.45) is 0. The van der Waals surface area contributed by atoms with Gasteiger partial charge in [0.05, 0.1) is 23.4 Å². The van der Waals surface area contributed by atoms with E-state index in [0.717, 1.165) is 11.4 Å². The SMILES string of the molecule is COc1ccccc1N1CCN(C(=O)c2cccc(CS(=O)(=O)c3ccccc3)c2)CC1. The molecule has 1 heterocycles. The van der Waals surface area contributed by atoms with Crippen molar-refractivity contribution in [2.45, 2.75) is 10.6 Å². The van der Waals surface area contributed by atoms with Crippen LogP contribution in [-0.2, 0) is 15.6 Å². The lowest BCUT2D eigenvalue weighted by Gasteiger charge is -2.36. The fourth-order valence-corrected chi connectivity index (χ4v) is 5.31. The zero-order valence-corrected chi connectivity index (χ0v) is 18.8. The summed E-state index contributed by atoms with van der Waals surface area (Å²) >= 11 is 0. The summed E-state index contributed by atoms with van der Waals surface area (Å²) in [6, 6.07) is 23.2. The molecular weight excluding hydrogens is 424 g/mol. The molecule has 6 nitrogen and oxygen atoms in total. The maximum absolute atomic E-state index is 13.1. The number of hydrogen-bond donors (Lipinski definition) is 0. The van der Waals surface area contributed by atoms with E-state index < -0.39 is 9.84 Å². The number of para-hydroxylation sites is 2. The molecule has 3 aromatic rings. The number of methoxy groups -OCH3 is 1. The number of carbonyl (C=O) groups excluding carboxylic acids is 1. The van der Waals surface area contributed by atoms with Crippen molar-refractivity contribution in [2.75, 3.05) is 38.2 Å². The highest BCUT2D eigenvalue weighted by atomic mass is 32.2. The Bertz CT molecular complexity index is 1190. The van der Waals surface area contributed by atoms with Gasteiger partial charge in [0.25, 0.3) is 5.91 Å². The molecule has 166 valence electrons. The maximum Gasteiger partial charge on any atom is 0.253 e. The molecule has 0 spiro atoms. The molecule has 0 aliphatic carbocycles. The molecular formula is C25H26N2O4S. The second kappa shape index (κ2) is 9.44. The van der Waals surface area contributed by atoms with E-state index in [1.165, 1.54) is 0 Å². The lowest BCUT2D eigenvalue weighted by Crippen LogP contribution is -2.48. The molecule has 0 radical (unpaired) electrons. The van der Waals surface area contributed by atoms with Crippen LogP contribution in [0.3, 0.4) is 0 Å². The number of anilines is 1. The Labute approximate surface area is 189 Å². The van der Waals surface area contributed by atoms with Crippen molar-refractivity contribution in [1.82, 2.24) is 4.90 Å². The van der Waals surface area contributed by atoms with Crippen molar-refractivity contribution in [3.8, 4) is 5.75 Å². The maximum atomic E-state index is 13.1. The van der Waals surface area contributed by atoms with Crippen molar-refractivity contribution in [3.05, 3.63) is 90.0 Å². The first-order valence-electron chi connectivity index (χ1n) is 10.5. The van der Waals surface area contributed by atoms with E-state index in [1.54, 1.807) is 61.7 Å². The summed E-state index contributed by atoms with van der Waals surface area (Å²) < 4.78 is 30.8. The predicted octanol–water partition coefficient (Wildman–Crippen LogP) is 3.63. The summed E-state index contributed by atoms with van der Waals surface area (Å²) in [5, 5.41) is 0. The van der Waals surface area contributed by atoms with Gasteiger partial charge >= 0.3 is 0 Å². The third-order valence-corrected chi connectivity index (χ3v) is 7.33. The van der Waals surface area contributed by atoms with Crippen LogP contribution < -0.4 is 9.64 Å². The van der Waals surface area contributed by atoms with Crippen molar-refractivity contribution >= 4 is 21.4 Å². The molecule has 1 aliphatic heterocycles. The van der Waals surface area contributed by atoms with E-state index in [4.69, 9.17) is 4.74 Å². The Balaban J connectivity index is 1.43. The van der Waals surface area contributed by atoms with E-state index in [-0.39, 0.29) is 16.6 Å². The molecule has 0 unspecified atom stereocenters. The number of nitrogens with zero attached hydrogens (tertiary/aromatic N) is 2. The van der Waals surface area contributed by atoms with Crippen LogP contribution in [-0.4, -0.2) is 52.5 Å². The van der Waals surface area contributed by atoms with E-state index in [9.17, 15) is 13.2 Å². The Morgan fingerprint density at radius 3 is 2.28 bits per heavy atom. The molecule has 1 fully saturated rings. The summed E-state index contributed by atoms with van der Waals surface area (Å²) in [4.78, 5) is 17.4. The van der Waals surface area contributed by atoms with Gasteiger partial charge in [-0.25, -0.2) is 8.42 Å². The molecule has 4 rings (SSSR count). The Hall–Kier alpha value is -3.32. The molecule has 0 bridgehead atoms. The van der Waals surface area contributed by atoms with Gasteiger partial charge in [-0.05, 0) is 42.0 Å². The van der Waals surface area contributed by atoms with Gasteiger partial charge in [0, 0.05) is 31.7 Å². The normalized spacial score (nSPS) is 14.3. The first kappa shape index (κ1) is 21.9. The molecule has 1 aliphatic rings. The van der Waals surface area contributed by atoms with Gasteiger partial charge in [-0.15, -0.1) is 0 Å². The molecule has 0 N–H and O–H groups in total. The second-order valence-electron chi connectivity index (χ2n) is 7.72. The summed E-state index contributed by atoms with van der Waals surface area (Å²) in [6.45, 7) is 2.58. The number of sulfone groups is 1. The molecule has 1 amide bonds. The smallest absolute Gasteiger partial charge is 0.253 e. The number of hydrogen-bond acceptors (Lipinski definition) is 5. The fraction of sp³-hybridized carbons (Fsp3) is 0.240. The largest absolute Gasteiger partial charge is 0.495 e. The van der Waals surface area contributed by atoms with Gasteiger partial charge in [-0.3, -0.25) is 4.79 Å². The monoisotopic (exact) mass is 450 g/mol. The van der Waals surface area contributed by atoms with Crippen molar-refractivity contribution in [1.29, 1.82) is 0 Å². The number of piperazine rings is 1. The predicted molar refractivity (Wildman–Crippen MR) is 125 cm³/mol. The van der Waals surface area contributed by atoms with Crippen molar-refractivity contribution in [2.24, 2.45) is 0 Å². The van der Waals surface area contributed by atoms with E-state index >= 15 is 0 Å². The number of benzene rings is 3. The average Bonchev–Trinajstić information content (AvgIpc) is 2.84. The number of carbonyl (C=O) groups is 1. The van der Waals surface area contributed by atoms with Crippen molar-refractivity contribution < 1.29 is 17.9 Å². The lowest BCUT2D eigenvalue weighted by molar-refractivity contribution is 0.0746. The minimum Gasteiger partial charge on any atom is -0.495 e. The second-order valence-corrected chi connectivity index (χ2v) is 9.71. The first-order chi connectivity index (χ1) is 15.5. The average molecular weight is 451 g/mol. The summed E-state index contributed by atoms with van der Waals surface area (Å²) in [5.74, 6) is 0.600. The molecule has 32 heavy (non-hydrogen) atoms. The van der Waals surface area contributed by atoms with Crippen LogP contribution in [0.1, 0.15) is 15.9 Å². The third kappa shape index (κ3) is 4.78. The van der Waals surface area contributed by atoms with E-state index in [0.29, 0.717) is 37.3 Å². The topological polar surface area (TPSA) is 66.9 Å². The number of rotatable bonds is 6. The van der Waals surface area contributed by atoms with E-state index in [1.807, 2.05) is 29.2 Å². The molecule has 1 saturated heterocycles. The van der Waals surface area contributed by atoms with Crippen molar-refractivity contribution in [3.63, 3.8) is 0 Å². The summed E-state index contributed by atoms with van der Waals surface area (Å²) in [5.41, 5.74) is 2.14. The Kier molecular flexibility index (Phi) is 6.46. The highest BCUT2D eigenvalue weighted by molar-refractivity contribution is 7.90. The standard InChI is InChI=1S/C25H26N2O4S/c1-31-24-13-6-5-12-23(24)26-14-16-27(17-15-26)25(28)21-9-7-8-20(18-21)19-32(29,30)22-10-3-2-4-11-22/h2-13,18H,14-17,19H2,1H3. The van der Waals surface area contributed by atoms with Crippen LogP contribution >= 0.6 is 0 Å². The van der Waals surface area contributed by atoms with E-state index in [2.05, 4.69) is 4.90 Å². The number of amides is 1. The zero-order valence-electron chi connectivity index (χ0n) is 18.0. The van der Waals surface area contributed by atoms with Gasteiger partial charge in [0.15, 0.2) is 9.84 Å². The van der Waals surface area contributed by atoms with Gasteiger partial charge in [0.1, 0.15) is 5.75 Å². The summed E-state index contributed by atoms with van der Waals surface area (Å²) in [7, 11) is -1.81. The van der Waals surface area contributed by atoms with Gasteiger partial charge in [-0.2, -0.15) is 0 Å². The third-order valence-electron chi connectivity index (χ3n) is 5.63. The Morgan fingerprint density at radius 1 is 0.875 bits per heavy atom. The van der Waals surface area contributed by atoms with Crippen LogP contribution in [0.5, 0.6) is 5.75 Å². The van der Waals surface area contributed by atoms with Crippen LogP contribution in [0.2, 0.25) is 0 Å². The molecule has 0 saturated carbocycles. The minimum atomic E-state index is -3.47. The highest BCUT2D eigenvalue weighted by Crippen LogP contribution is 2.28. The highest BCUT2D eigenvalue weighted by Gasteiger charge is 2.24. The van der Waals surface area contributed by atoms with Crippen LogP contribution in [0.15, 0.2) is 83.8 Å². The molecule has 0 atom stereocenters. The molecule has 0 aromatic heterocycles. The quantitative estimate of drug-likeness (QED) is 0.574. The zero-order chi connectivity index (χ0) is 22.6. The van der Waals surface area contributed by atoms with Gasteiger partial charge in [-0.1, -0.05) is 42.5 Å².